The molecule has 0 radical (unpaired) electrons. The highest BCUT2D eigenvalue weighted by Crippen LogP contribution is 2.47. The zero-order valence-electron chi connectivity index (χ0n) is 8.87. The van der Waals surface area contributed by atoms with Crippen molar-refractivity contribution in [3.05, 3.63) is 0 Å². The van der Waals surface area contributed by atoms with Crippen molar-refractivity contribution in [2.75, 3.05) is 0 Å². The summed E-state index contributed by atoms with van der Waals surface area (Å²) in [6.07, 6.45) is -14.3. The van der Waals surface area contributed by atoms with Crippen molar-refractivity contribution in [1.29, 1.82) is 0 Å². The highest BCUT2D eigenvalue weighted by atomic mass is 19.4. The maximum absolute atomic E-state index is 12.4. The monoisotopic (exact) mass is 354 g/mol. The Labute approximate surface area is 104 Å². The van der Waals surface area contributed by atoms with Crippen molar-refractivity contribution < 1.29 is 66.8 Å². The van der Waals surface area contributed by atoms with Crippen LogP contribution in [0.3, 0.4) is 0 Å². The molecule has 0 aromatic heterocycles. The molecule has 0 atom stereocenters. The van der Waals surface area contributed by atoms with Crippen LogP contribution >= 0.6 is 0 Å². The molecule has 0 aliphatic rings. The summed E-state index contributed by atoms with van der Waals surface area (Å²) in [5, 5.41) is -2.97. The second kappa shape index (κ2) is 4.74. The molecule has 0 aliphatic heterocycles. The molecule has 0 unspecified atom stereocenters. The van der Waals surface area contributed by atoms with Crippen molar-refractivity contribution in [3.8, 4) is 0 Å². The molecule has 0 fully saturated rings. The standard InChI is InChI=1S/C6HF14N/c7-1(8,3(11,12)13)5(17,18)21-6(19,20)2(9,10)4(14,15)16/h21H/p+1. The zero-order chi connectivity index (χ0) is 17.7. The number of halogens is 14. The Hall–Kier alpha value is -1.02. The molecular formula is C6H2F14N+. The molecular weight excluding hydrogens is 352 g/mol. The van der Waals surface area contributed by atoms with E-state index in [-0.39, 0.29) is 0 Å². The minimum atomic E-state index is -7.29. The molecule has 0 aliphatic carbocycles. The van der Waals surface area contributed by atoms with E-state index in [1.165, 1.54) is 0 Å². The Morgan fingerprint density at radius 2 is 0.571 bits per heavy atom. The van der Waals surface area contributed by atoms with Gasteiger partial charge in [-0.15, -0.1) is 17.6 Å². The van der Waals surface area contributed by atoms with Gasteiger partial charge in [-0.2, -0.15) is 43.9 Å². The fraction of sp³-hybridized carbons (Fsp3) is 1.00. The fourth-order valence-electron chi connectivity index (χ4n) is 0.787. The van der Waals surface area contributed by atoms with Crippen LogP contribution in [0.2, 0.25) is 0 Å². The summed E-state index contributed by atoms with van der Waals surface area (Å²) in [5.41, 5.74) is 0. The minimum absolute atomic E-state index is 2.97. The van der Waals surface area contributed by atoms with E-state index in [9.17, 15) is 61.5 Å². The lowest BCUT2D eigenvalue weighted by atomic mass is 10.2. The number of hydrogen-bond donors (Lipinski definition) is 1. The Bertz CT molecular complexity index is 338. The first kappa shape index (κ1) is 20.0. The van der Waals surface area contributed by atoms with Gasteiger partial charge in [0.2, 0.25) is 0 Å². The van der Waals surface area contributed by atoms with E-state index in [0.717, 1.165) is 0 Å². The van der Waals surface area contributed by atoms with E-state index in [1.54, 1.807) is 0 Å². The SMILES string of the molecule is FC(F)(F)C(F)(F)C(F)(F)[NH2+]C(F)(F)C(F)(F)C(F)(F)F. The minimum Gasteiger partial charge on any atom is -0.213 e. The van der Waals surface area contributed by atoms with Crippen LogP contribution in [0.25, 0.3) is 0 Å². The van der Waals surface area contributed by atoms with E-state index in [4.69, 9.17) is 0 Å². The molecule has 128 valence electrons. The van der Waals surface area contributed by atoms with Crippen LogP contribution < -0.4 is 5.32 Å². The second-order valence-corrected chi connectivity index (χ2v) is 3.53. The topological polar surface area (TPSA) is 16.6 Å². The summed E-state index contributed by atoms with van der Waals surface area (Å²) in [6.45, 7) is 0. The second-order valence-electron chi connectivity index (χ2n) is 3.53. The number of hydrogen-bond acceptors (Lipinski definition) is 0. The van der Waals surface area contributed by atoms with Crippen LogP contribution in [0.5, 0.6) is 0 Å². The number of quaternary nitrogens is 1. The lowest BCUT2D eigenvalue weighted by Gasteiger charge is -2.31. The summed E-state index contributed by atoms with van der Waals surface area (Å²) in [7, 11) is 0. The summed E-state index contributed by atoms with van der Waals surface area (Å²) in [4.78, 5) is 0. The van der Waals surface area contributed by atoms with Gasteiger partial charge >= 0.3 is 36.3 Å². The summed E-state index contributed by atoms with van der Waals surface area (Å²) >= 11 is 0. The van der Waals surface area contributed by atoms with Gasteiger partial charge in [-0.1, -0.05) is 0 Å². The third-order valence-electron chi connectivity index (χ3n) is 1.91. The van der Waals surface area contributed by atoms with Gasteiger partial charge in [0.15, 0.2) is 0 Å². The van der Waals surface area contributed by atoms with E-state index in [0.29, 0.717) is 0 Å². The summed E-state index contributed by atoms with van der Waals surface area (Å²) in [5.74, 6) is -14.6. The van der Waals surface area contributed by atoms with Gasteiger partial charge in [-0.3, -0.25) is 0 Å². The van der Waals surface area contributed by atoms with Crippen LogP contribution in [-0.2, 0) is 0 Å². The number of alkyl halides is 14. The van der Waals surface area contributed by atoms with Crippen LogP contribution in [0.15, 0.2) is 0 Å². The third-order valence-corrected chi connectivity index (χ3v) is 1.91. The average Bonchev–Trinajstić information content (AvgIpc) is 2.11. The predicted molar refractivity (Wildman–Crippen MR) is 33.8 cm³/mol. The number of rotatable bonds is 4. The van der Waals surface area contributed by atoms with Crippen LogP contribution in [-0.4, -0.2) is 36.3 Å². The zero-order valence-corrected chi connectivity index (χ0v) is 8.87. The van der Waals surface area contributed by atoms with Crippen LogP contribution in [0.1, 0.15) is 0 Å². The lowest BCUT2D eigenvalue weighted by molar-refractivity contribution is -0.910. The van der Waals surface area contributed by atoms with Crippen LogP contribution in [0, 0.1) is 0 Å². The molecule has 0 bridgehead atoms. The molecule has 0 aromatic rings. The Morgan fingerprint density at radius 1 is 0.381 bits per heavy atom. The first-order chi connectivity index (χ1) is 8.71. The molecule has 0 spiro atoms. The summed E-state index contributed by atoms with van der Waals surface area (Å²) < 4.78 is 167. The van der Waals surface area contributed by atoms with Gasteiger partial charge in [-0.05, 0) is 0 Å². The van der Waals surface area contributed by atoms with Gasteiger partial charge < -0.3 is 0 Å². The maximum atomic E-state index is 12.4. The van der Waals surface area contributed by atoms with Gasteiger partial charge in [0.25, 0.3) is 0 Å². The smallest absolute Gasteiger partial charge is 0.213 e. The van der Waals surface area contributed by atoms with Crippen molar-refractivity contribution >= 4 is 0 Å². The van der Waals surface area contributed by atoms with Gasteiger partial charge in [0.1, 0.15) is 0 Å². The van der Waals surface area contributed by atoms with Crippen molar-refractivity contribution in [1.82, 2.24) is 0 Å². The van der Waals surface area contributed by atoms with E-state index in [1.807, 2.05) is 0 Å². The first-order valence-electron chi connectivity index (χ1n) is 4.22. The van der Waals surface area contributed by atoms with Crippen molar-refractivity contribution in [2.24, 2.45) is 0 Å². The Kier molecular flexibility index (Phi) is 4.51. The average molecular weight is 354 g/mol. The molecule has 1 nitrogen and oxygen atoms in total. The molecule has 0 aromatic carbocycles. The highest BCUT2D eigenvalue weighted by Gasteiger charge is 2.84. The van der Waals surface area contributed by atoms with E-state index >= 15 is 0 Å². The highest BCUT2D eigenvalue weighted by molar-refractivity contribution is 4.87. The molecule has 0 amide bonds. The Morgan fingerprint density at radius 3 is 0.714 bits per heavy atom. The normalized spacial score (nSPS) is 16.3. The van der Waals surface area contributed by atoms with Crippen LogP contribution in [0.4, 0.5) is 61.5 Å². The lowest BCUT2D eigenvalue weighted by Crippen LogP contribution is -3.08. The van der Waals surface area contributed by atoms with E-state index in [2.05, 4.69) is 0 Å². The van der Waals surface area contributed by atoms with E-state index < -0.39 is 41.6 Å². The molecule has 21 heavy (non-hydrogen) atoms. The van der Waals surface area contributed by atoms with Crippen molar-refractivity contribution in [3.63, 3.8) is 0 Å². The van der Waals surface area contributed by atoms with Crippen molar-refractivity contribution in [2.45, 2.75) is 36.3 Å². The quantitative estimate of drug-likeness (QED) is 0.590. The third kappa shape index (κ3) is 3.26. The first-order valence-corrected chi connectivity index (χ1v) is 4.22. The summed E-state index contributed by atoms with van der Waals surface area (Å²) in [6, 6.07) is -14.0. The largest absolute Gasteiger partial charge is 0.467 e. The predicted octanol–water partition coefficient (Wildman–Crippen LogP) is 3.13. The molecule has 0 saturated heterocycles. The Balaban J connectivity index is 5.65. The van der Waals surface area contributed by atoms with Gasteiger partial charge in [0, 0.05) is 0 Å². The molecule has 2 N–H and O–H groups in total. The fourth-order valence-corrected chi connectivity index (χ4v) is 0.787. The van der Waals surface area contributed by atoms with Gasteiger partial charge in [-0.25, -0.2) is 5.32 Å². The number of nitrogens with two attached hydrogens (primary N) is 1. The molecule has 15 heteroatoms. The molecule has 0 rings (SSSR count). The maximum Gasteiger partial charge on any atom is 0.467 e. The van der Waals surface area contributed by atoms with Gasteiger partial charge in [0.05, 0.1) is 0 Å². The molecule has 0 heterocycles. The molecule has 0 saturated carbocycles.